The summed E-state index contributed by atoms with van der Waals surface area (Å²) < 4.78 is 13.4. The van der Waals surface area contributed by atoms with Crippen molar-refractivity contribution in [3.63, 3.8) is 0 Å². The van der Waals surface area contributed by atoms with Gasteiger partial charge in [0, 0.05) is 16.6 Å². The van der Waals surface area contributed by atoms with E-state index in [0.29, 0.717) is 16.1 Å². The van der Waals surface area contributed by atoms with Crippen molar-refractivity contribution in [3.05, 3.63) is 51.7 Å². The lowest BCUT2D eigenvalue weighted by molar-refractivity contribution is 0.625. The largest absolute Gasteiger partial charge is 0.241 e. The number of thiazole rings is 1. The molecule has 17 heavy (non-hydrogen) atoms. The third-order valence-electron chi connectivity index (χ3n) is 2.17. The fourth-order valence-corrected chi connectivity index (χ4v) is 2.13. The Labute approximate surface area is 103 Å². The van der Waals surface area contributed by atoms with Crippen molar-refractivity contribution < 1.29 is 4.39 Å². The fraction of sp³-hybridized carbons (Fsp3) is 0.0769. The smallest absolute Gasteiger partial charge is 0.134 e. The van der Waals surface area contributed by atoms with E-state index in [9.17, 15) is 4.39 Å². The minimum Gasteiger partial charge on any atom is -0.241 e. The quantitative estimate of drug-likeness (QED) is 0.756. The summed E-state index contributed by atoms with van der Waals surface area (Å²) in [4.78, 5) is 4.21. The van der Waals surface area contributed by atoms with Crippen molar-refractivity contribution in [2.24, 2.45) is 0 Å². The van der Waals surface area contributed by atoms with Crippen molar-refractivity contribution in [3.8, 4) is 6.07 Å². The van der Waals surface area contributed by atoms with Gasteiger partial charge in [0.25, 0.3) is 0 Å². The molecule has 0 amide bonds. The van der Waals surface area contributed by atoms with Crippen LogP contribution in [0.15, 0.2) is 29.6 Å². The van der Waals surface area contributed by atoms with Crippen LogP contribution in [-0.4, -0.2) is 4.98 Å². The normalized spacial score (nSPS) is 11.2. The summed E-state index contributed by atoms with van der Waals surface area (Å²) in [6.45, 7) is 1.86. The number of allylic oxidation sites excluding steroid dienone is 1. The molecule has 0 N–H and O–H groups in total. The molecule has 2 rings (SSSR count). The Hall–Kier alpha value is -1.99. The highest BCUT2D eigenvalue weighted by molar-refractivity contribution is 7.11. The van der Waals surface area contributed by atoms with Crippen LogP contribution >= 0.6 is 11.3 Å². The molecule has 4 heteroatoms. The monoisotopic (exact) mass is 244 g/mol. The summed E-state index contributed by atoms with van der Waals surface area (Å²) in [5.41, 5.74) is 1.64. The van der Waals surface area contributed by atoms with Gasteiger partial charge in [0.1, 0.15) is 16.9 Å². The Morgan fingerprint density at radius 2 is 2.24 bits per heavy atom. The number of nitrogens with zero attached hydrogens (tertiary/aromatic N) is 2. The molecule has 2 nitrogen and oxygen atoms in total. The third-order valence-corrected chi connectivity index (χ3v) is 3.17. The average molecular weight is 244 g/mol. The van der Waals surface area contributed by atoms with Crippen molar-refractivity contribution in [2.75, 3.05) is 0 Å². The average Bonchev–Trinajstić information content (AvgIpc) is 2.75. The Balaban J connectivity index is 2.44. The minimum absolute atomic E-state index is 0.339. The van der Waals surface area contributed by atoms with Gasteiger partial charge in [0.15, 0.2) is 0 Å². The first-order chi connectivity index (χ1) is 8.20. The van der Waals surface area contributed by atoms with Crippen molar-refractivity contribution in [2.45, 2.75) is 6.92 Å². The second-order valence-electron chi connectivity index (χ2n) is 3.49. The zero-order chi connectivity index (χ0) is 12.3. The summed E-state index contributed by atoms with van der Waals surface area (Å²) in [6, 6.07) is 8.40. The number of hydrogen-bond acceptors (Lipinski definition) is 3. The van der Waals surface area contributed by atoms with Gasteiger partial charge in [0.2, 0.25) is 0 Å². The molecule has 2 aromatic rings. The molecule has 0 saturated carbocycles. The lowest BCUT2D eigenvalue weighted by Crippen LogP contribution is -1.84. The van der Waals surface area contributed by atoms with Crippen LogP contribution in [0.4, 0.5) is 4.39 Å². The first-order valence-electron chi connectivity index (χ1n) is 4.99. The van der Waals surface area contributed by atoms with E-state index in [-0.39, 0.29) is 5.82 Å². The van der Waals surface area contributed by atoms with E-state index in [1.54, 1.807) is 18.2 Å². The van der Waals surface area contributed by atoms with E-state index >= 15 is 0 Å². The molecule has 84 valence electrons. The van der Waals surface area contributed by atoms with Crippen LogP contribution in [0.3, 0.4) is 0 Å². The summed E-state index contributed by atoms with van der Waals surface area (Å²) >= 11 is 1.38. The molecule has 1 heterocycles. The van der Waals surface area contributed by atoms with E-state index < -0.39 is 0 Å². The molecule has 0 atom stereocenters. The Kier molecular flexibility index (Phi) is 3.31. The number of hydrogen-bond donors (Lipinski definition) is 0. The van der Waals surface area contributed by atoms with Crippen LogP contribution in [0, 0.1) is 24.1 Å². The number of benzene rings is 1. The van der Waals surface area contributed by atoms with Gasteiger partial charge in [-0.05, 0) is 19.1 Å². The van der Waals surface area contributed by atoms with Crippen molar-refractivity contribution in [1.82, 2.24) is 4.98 Å². The van der Waals surface area contributed by atoms with E-state index in [1.807, 2.05) is 18.4 Å². The highest BCUT2D eigenvalue weighted by atomic mass is 32.1. The van der Waals surface area contributed by atoms with Gasteiger partial charge in [-0.2, -0.15) is 5.26 Å². The minimum atomic E-state index is -0.339. The Morgan fingerprint density at radius 3 is 2.82 bits per heavy atom. The van der Waals surface area contributed by atoms with Crippen LogP contribution < -0.4 is 0 Å². The van der Waals surface area contributed by atoms with Gasteiger partial charge in [-0.3, -0.25) is 0 Å². The molecule has 0 unspecified atom stereocenters. The summed E-state index contributed by atoms with van der Waals surface area (Å²) in [6.07, 6.45) is 1.52. The number of aromatic nitrogens is 1. The van der Waals surface area contributed by atoms with E-state index in [4.69, 9.17) is 5.26 Å². The highest BCUT2D eigenvalue weighted by Crippen LogP contribution is 2.22. The highest BCUT2D eigenvalue weighted by Gasteiger charge is 2.07. The molecule has 0 aliphatic heterocycles. The zero-order valence-corrected chi connectivity index (χ0v) is 9.96. The van der Waals surface area contributed by atoms with Gasteiger partial charge in [-0.15, -0.1) is 11.3 Å². The topological polar surface area (TPSA) is 36.7 Å². The summed E-state index contributed by atoms with van der Waals surface area (Å²) in [7, 11) is 0. The van der Waals surface area contributed by atoms with Crippen LogP contribution in [0.25, 0.3) is 11.6 Å². The molecule has 0 radical (unpaired) electrons. The van der Waals surface area contributed by atoms with Gasteiger partial charge in [-0.25, -0.2) is 9.37 Å². The number of halogens is 1. The second-order valence-corrected chi connectivity index (χ2v) is 4.34. The van der Waals surface area contributed by atoms with Gasteiger partial charge >= 0.3 is 0 Å². The molecule has 0 spiro atoms. The van der Waals surface area contributed by atoms with Crippen LogP contribution in [0.2, 0.25) is 0 Å². The van der Waals surface area contributed by atoms with Crippen molar-refractivity contribution in [1.29, 1.82) is 5.26 Å². The molecule has 0 aliphatic carbocycles. The van der Waals surface area contributed by atoms with Gasteiger partial charge in [0.05, 0.1) is 5.57 Å². The van der Waals surface area contributed by atoms with Crippen LogP contribution in [0.1, 0.15) is 16.3 Å². The second kappa shape index (κ2) is 4.89. The van der Waals surface area contributed by atoms with Crippen LogP contribution in [-0.2, 0) is 0 Å². The van der Waals surface area contributed by atoms with E-state index in [1.165, 1.54) is 23.5 Å². The first-order valence-corrected chi connectivity index (χ1v) is 5.87. The van der Waals surface area contributed by atoms with Gasteiger partial charge in [-0.1, -0.05) is 18.2 Å². The number of nitriles is 1. The molecule has 0 saturated heterocycles. The molecule has 0 fully saturated rings. The maximum absolute atomic E-state index is 13.4. The number of aryl methyl sites for hydroxylation is 1. The SMILES string of the molecule is Cc1csc(/C(C#N)=C/c2ccccc2F)n1. The summed E-state index contributed by atoms with van der Waals surface area (Å²) in [5.74, 6) is -0.339. The van der Waals surface area contributed by atoms with Crippen molar-refractivity contribution >= 4 is 23.0 Å². The summed E-state index contributed by atoms with van der Waals surface area (Å²) in [5, 5.41) is 11.5. The molecule has 1 aromatic carbocycles. The lowest BCUT2D eigenvalue weighted by Gasteiger charge is -1.97. The van der Waals surface area contributed by atoms with E-state index in [2.05, 4.69) is 4.98 Å². The standard InChI is InChI=1S/C13H9FN2S/c1-9-8-17-13(16-9)11(7-15)6-10-4-2-3-5-12(10)14/h2-6,8H,1H3/b11-6+. The number of rotatable bonds is 2. The zero-order valence-electron chi connectivity index (χ0n) is 9.14. The van der Waals surface area contributed by atoms with E-state index in [0.717, 1.165) is 5.69 Å². The lowest BCUT2D eigenvalue weighted by atomic mass is 10.1. The predicted molar refractivity (Wildman–Crippen MR) is 66.7 cm³/mol. The third kappa shape index (κ3) is 2.58. The van der Waals surface area contributed by atoms with Crippen LogP contribution in [0.5, 0.6) is 0 Å². The Morgan fingerprint density at radius 1 is 1.47 bits per heavy atom. The fourth-order valence-electron chi connectivity index (χ4n) is 1.37. The first kappa shape index (κ1) is 11.5. The molecule has 0 aliphatic rings. The predicted octanol–water partition coefficient (Wildman–Crippen LogP) is 3.65. The molecular formula is C13H9FN2S. The molecule has 0 bridgehead atoms. The Bertz CT molecular complexity index is 608. The maximum atomic E-state index is 13.4. The maximum Gasteiger partial charge on any atom is 0.134 e. The molecular weight excluding hydrogens is 235 g/mol. The molecule has 1 aromatic heterocycles. The van der Waals surface area contributed by atoms with Gasteiger partial charge < -0.3 is 0 Å².